The van der Waals surface area contributed by atoms with Gasteiger partial charge in [0.2, 0.25) is 0 Å². The number of nitrogens with zero attached hydrogens (tertiary/aromatic N) is 5. The van der Waals surface area contributed by atoms with Crippen LogP contribution in [0.5, 0.6) is 5.75 Å². The van der Waals surface area contributed by atoms with E-state index in [4.69, 9.17) is 10.5 Å². The van der Waals surface area contributed by atoms with E-state index in [1.54, 1.807) is 11.0 Å². The third kappa shape index (κ3) is 5.22. The lowest BCUT2D eigenvalue weighted by atomic mass is 10.1. The molecule has 25 heavy (non-hydrogen) atoms. The van der Waals surface area contributed by atoms with Crippen LogP contribution in [0.15, 0.2) is 29.5 Å². The van der Waals surface area contributed by atoms with E-state index in [2.05, 4.69) is 15.0 Å². The lowest BCUT2D eigenvalue weighted by molar-refractivity contribution is 0.178. The van der Waals surface area contributed by atoms with Crippen molar-refractivity contribution in [1.82, 2.24) is 19.6 Å². The molecule has 0 saturated heterocycles. The Balaban J connectivity index is 2.43. The van der Waals surface area contributed by atoms with Gasteiger partial charge in [-0.15, -0.1) is 0 Å². The van der Waals surface area contributed by atoms with E-state index in [0.717, 1.165) is 17.7 Å². The summed E-state index contributed by atoms with van der Waals surface area (Å²) in [4.78, 5) is 8.43. The number of aliphatic imine (C=N–C) groups is 1. The van der Waals surface area contributed by atoms with E-state index in [0.29, 0.717) is 17.1 Å². The highest BCUT2D eigenvalue weighted by Crippen LogP contribution is 2.38. The van der Waals surface area contributed by atoms with Crippen LogP contribution >= 0.6 is 0 Å². The Bertz CT molecular complexity index is 735. The second-order valence-corrected chi connectivity index (χ2v) is 6.71. The summed E-state index contributed by atoms with van der Waals surface area (Å²) in [6.07, 6.45) is 5.51. The predicted molar refractivity (Wildman–Crippen MR) is 104 cm³/mol. The number of aryl methyl sites for hydroxylation is 1. The quantitative estimate of drug-likeness (QED) is 0.474. The van der Waals surface area contributed by atoms with Crippen LogP contribution < -0.4 is 10.5 Å². The van der Waals surface area contributed by atoms with Crippen LogP contribution in [0.4, 0.5) is 11.4 Å². The first-order chi connectivity index (χ1) is 11.8. The van der Waals surface area contributed by atoms with Gasteiger partial charge in [0, 0.05) is 39.4 Å². The SMILES string of the molecule is C[C@H](CN(C)C)Oc1cc(-c2cnn(C)c2)cc(N=CN(C)C)c1N. The van der Waals surface area contributed by atoms with Crippen molar-refractivity contribution < 1.29 is 4.74 Å². The van der Waals surface area contributed by atoms with E-state index < -0.39 is 0 Å². The fourth-order valence-corrected chi connectivity index (χ4v) is 2.50. The third-order valence-corrected chi connectivity index (χ3v) is 3.54. The molecule has 0 aliphatic rings. The molecule has 0 bridgehead atoms. The normalized spacial score (nSPS) is 12.8. The second-order valence-electron chi connectivity index (χ2n) is 6.71. The highest BCUT2D eigenvalue weighted by Gasteiger charge is 2.14. The van der Waals surface area contributed by atoms with Gasteiger partial charge in [0.05, 0.1) is 18.2 Å². The summed E-state index contributed by atoms with van der Waals surface area (Å²) >= 11 is 0. The molecule has 136 valence electrons. The van der Waals surface area contributed by atoms with Crippen molar-refractivity contribution >= 4 is 17.7 Å². The van der Waals surface area contributed by atoms with Crippen molar-refractivity contribution in [2.24, 2.45) is 12.0 Å². The molecule has 2 rings (SSSR count). The zero-order chi connectivity index (χ0) is 18.6. The molecule has 0 saturated carbocycles. The average molecular weight is 344 g/mol. The Morgan fingerprint density at radius 3 is 2.56 bits per heavy atom. The first-order valence-corrected chi connectivity index (χ1v) is 8.20. The summed E-state index contributed by atoms with van der Waals surface area (Å²) in [5.74, 6) is 0.640. The number of likely N-dealkylation sites (N-methyl/N-ethyl adjacent to an activating group) is 1. The first kappa shape index (κ1) is 18.8. The summed E-state index contributed by atoms with van der Waals surface area (Å²) in [6.45, 7) is 2.83. The Kier molecular flexibility index (Phi) is 6.03. The molecule has 0 fully saturated rings. The molecule has 0 radical (unpaired) electrons. The molecule has 1 aromatic carbocycles. The highest BCUT2D eigenvalue weighted by atomic mass is 16.5. The minimum atomic E-state index is 0.00660. The number of nitrogens with two attached hydrogens (primary N) is 1. The van der Waals surface area contributed by atoms with Gasteiger partial charge >= 0.3 is 0 Å². The van der Waals surface area contributed by atoms with Gasteiger partial charge in [-0.3, -0.25) is 4.68 Å². The standard InChI is InChI=1S/C18H28N6O/c1-13(10-22(2)3)25-17-8-14(15-9-21-24(6)11-15)7-16(18(17)19)20-12-23(4)5/h7-9,11-13H,10,19H2,1-6H3/t13-/m1/s1. The van der Waals surface area contributed by atoms with Gasteiger partial charge in [-0.25, -0.2) is 4.99 Å². The molecule has 1 heterocycles. The molecule has 2 aromatic rings. The Morgan fingerprint density at radius 1 is 1.28 bits per heavy atom. The number of ether oxygens (including phenoxy) is 1. The predicted octanol–water partition coefficient (Wildman–Crippen LogP) is 2.22. The fourth-order valence-electron chi connectivity index (χ4n) is 2.50. The summed E-state index contributed by atoms with van der Waals surface area (Å²) in [5.41, 5.74) is 9.50. The number of nitrogen functional groups attached to an aromatic ring is 1. The van der Waals surface area contributed by atoms with Crippen LogP contribution in [0.3, 0.4) is 0 Å². The van der Waals surface area contributed by atoms with Gasteiger partial charge in [0.15, 0.2) is 0 Å². The molecule has 7 heteroatoms. The Labute approximate surface area is 149 Å². The Morgan fingerprint density at radius 2 is 2.00 bits per heavy atom. The van der Waals surface area contributed by atoms with Crippen LogP contribution in [0.1, 0.15) is 6.92 Å². The summed E-state index contributed by atoms with van der Waals surface area (Å²) in [5, 5.41) is 4.24. The topological polar surface area (TPSA) is 71.9 Å². The maximum Gasteiger partial charge on any atom is 0.145 e. The van der Waals surface area contributed by atoms with E-state index in [1.165, 1.54) is 0 Å². The number of rotatable bonds is 7. The molecule has 0 amide bonds. The molecular formula is C18H28N6O. The van der Waals surface area contributed by atoms with Gasteiger partial charge < -0.3 is 20.3 Å². The molecule has 0 aliphatic carbocycles. The molecular weight excluding hydrogens is 316 g/mol. The number of aromatic nitrogens is 2. The lowest BCUT2D eigenvalue weighted by Gasteiger charge is -2.21. The summed E-state index contributed by atoms with van der Waals surface area (Å²) in [7, 11) is 9.76. The largest absolute Gasteiger partial charge is 0.487 e. The van der Waals surface area contributed by atoms with Crippen LogP contribution in [-0.2, 0) is 7.05 Å². The Hall–Kier alpha value is -2.54. The minimum absolute atomic E-state index is 0.00660. The van der Waals surface area contributed by atoms with Crippen molar-refractivity contribution in [3.8, 4) is 16.9 Å². The van der Waals surface area contributed by atoms with Crippen molar-refractivity contribution in [3.63, 3.8) is 0 Å². The second kappa shape index (κ2) is 8.02. The highest BCUT2D eigenvalue weighted by molar-refractivity contribution is 5.81. The zero-order valence-electron chi connectivity index (χ0n) is 15.9. The number of hydrogen-bond acceptors (Lipinski definition) is 5. The summed E-state index contributed by atoms with van der Waals surface area (Å²) in [6, 6.07) is 3.91. The monoisotopic (exact) mass is 344 g/mol. The molecule has 0 unspecified atom stereocenters. The van der Waals surface area contributed by atoms with Gasteiger partial charge in [-0.05, 0) is 38.7 Å². The van der Waals surface area contributed by atoms with E-state index in [1.807, 2.05) is 71.6 Å². The van der Waals surface area contributed by atoms with Crippen molar-refractivity contribution in [2.75, 3.05) is 40.5 Å². The van der Waals surface area contributed by atoms with Gasteiger partial charge in [0.25, 0.3) is 0 Å². The third-order valence-electron chi connectivity index (χ3n) is 3.54. The minimum Gasteiger partial charge on any atom is -0.487 e. The number of hydrogen-bond donors (Lipinski definition) is 1. The molecule has 2 N–H and O–H groups in total. The van der Waals surface area contributed by atoms with Crippen molar-refractivity contribution in [2.45, 2.75) is 13.0 Å². The maximum atomic E-state index is 6.31. The molecule has 1 aromatic heterocycles. The smallest absolute Gasteiger partial charge is 0.145 e. The van der Waals surface area contributed by atoms with E-state index in [9.17, 15) is 0 Å². The molecule has 0 aliphatic heterocycles. The summed E-state index contributed by atoms with van der Waals surface area (Å²) < 4.78 is 7.86. The average Bonchev–Trinajstić information content (AvgIpc) is 2.93. The van der Waals surface area contributed by atoms with Crippen molar-refractivity contribution in [3.05, 3.63) is 24.5 Å². The molecule has 7 nitrogen and oxygen atoms in total. The van der Waals surface area contributed by atoms with Gasteiger partial charge in [-0.1, -0.05) is 0 Å². The number of benzene rings is 1. The van der Waals surface area contributed by atoms with Crippen LogP contribution in [0.2, 0.25) is 0 Å². The molecule has 0 spiro atoms. The maximum absolute atomic E-state index is 6.31. The lowest BCUT2D eigenvalue weighted by Crippen LogP contribution is -2.28. The van der Waals surface area contributed by atoms with Crippen LogP contribution in [0, 0.1) is 0 Å². The van der Waals surface area contributed by atoms with E-state index >= 15 is 0 Å². The zero-order valence-corrected chi connectivity index (χ0v) is 15.9. The van der Waals surface area contributed by atoms with Crippen LogP contribution in [0.25, 0.3) is 11.1 Å². The van der Waals surface area contributed by atoms with Gasteiger partial charge in [-0.2, -0.15) is 5.10 Å². The molecule has 1 atom stereocenters. The first-order valence-electron chi connectivity index (χ1n) is 8.20. The van der Waals surface area contributed by atoms with Gasteiger partial charge in [0.1, 0.15) is 17.5 Å². The fraction of sp³-hybridized carbons (Fsp3) is 0.444. The number of anilines is 1. The van der Waals surface area contributed by atoms with E-state index in [-0.39, 0.29) is 6.10 Å². The van der Waals surface area contributed by atoms with Crippen LogP contribution in [-0.4, -0.2) is 66.8 Å². The van der Waals surface area contributed by atoms with Crippen molar-refractivity contribution in [1.29, 1.82) is 0 Å².